The normalized spacial score (nSPS) is 15.6. The number of aromatic nitrogens is 4. The summed E-state index contributed by atoms with van der Waals surface area (Å²) in [5.74, 6) is -1.58. The molecule has 3 aromatic heterocycles. The molecule has 1 unspecified atom stereocenters. The van der Waals surface area contributed by atoms with Gasteiger partial charge in [0.2, 0.25) is 5.95 Å². The number of anilines is 1. The van der Waals surface area contributed by atoms with Crippen molar-refractivity contribution in [3.63, 3.8) is 0 Å². The standard InChI is InChI=1S/C18H20N6O2.C2HF3O2/c25-17(16-3-1-10-26-16)19-8-4-14-11-23(18-20-6-2-7-21-18)13-15-5-9-22-24(15)12-14;3-2(4,5)1(6)7/h1-3,5-7,9-10,14H,4,8,11-13H2,(H,19,25);(H,6,7). The topological polar surface area (TPSA) is 126 Å². The zero-order valence-electron chi connectivity index (χ0n) is 17.3. The molecule has 0 aliphatic carbocycles. The Kier molecular flexibility index (Phi) is 7.64. The Morgan fingerprint density at radius 2 is 1.88 bits per heavy atom. The monoisotopic (exact) mass is 466 g/mol. The molecule has 1 atom stereocenters. The quantitative estimate of drug-likeness (QED) is 0.587. The number of amides is 1. The number of carbonyl (C=O) groups is 2. The van der Waals surface area contributed by atoms with E-state index in [4.69, 9.17) is 14.3 Å². The molecule has 176 valence electrons. The third kappa shape index (κ3) is 6.79. The molecule has 0 radical (unpaired) electrons. The van der Waals surface area contributed by atoms with Gasteiger partial charge in [0.1, 0.15) is 0 Å². The highest BCUT2D eigenvalue weighted by Gasteiger charge is 2.38. The van der Waals surface area contributed by atoms with Crippen molar-refractivity contribution in [3.8, 4) is 0 Å². The van der Waals surface area contributed by atoms with Crippen molar-refractivity contribution in [1.29, 1.82) is 0 Å². The van der Waals surface area contributed by atoms with Gasteiger partial charge in [-0.15, -0.1) is 0 Å². The Morgan fingerprint density at radius 1 is 1.15 bits per heavy atom. The van der Waals surface area contributed by atoms with Crippen molar-refractivity contribution < 1.29 is 32.3 Å². The van der Waals surface area contributed by atoms with Gasteiger partial charge in [0.05, 0.1) is 18.5 Å². The van der Waals surface area contributed by atoms with Crippen LogP contribution in [0.1, 0.15) is 22.7 Å². The third-order valence-electron chi connectivity index (χ3n) is 4.73. The molecule has 1 amide bonds. The first-order valence-electron chi connectivity index (χ1n) is 9.88. The fourth-order valence-corrected chi connectivity index (χ4v) is 3.21. The van der Waals surface area contributed by atoms with E-state index in [1.54, 1.807) is 24.5 Å². The minimum Gasteiger partial charge on any atom is -0.475 e. The number of carboxylic acids is 1. The van der Waals surface area contributed by atoms with Crippen LogP contribution in [0.25, 0.3) is 0 Å². The molecule has 13 heteroatoms. The Morgan fingerprint density at radius 3 is 2.52 bits per heavy atom. The van der Waals surface area contributed by atoms with Crippen LogP contribution in [0.4, 0.5) is 19.1 Å². The maximum Gasteiger partial charge on any atom is 0.490 e. The molecular formula is C20H21F3N6O4. The second-order valence-electron chi connectivity index (χ2n) is 7.12. The third-order valence-corrected chi connectivity index (χ3v) is 4.73. The van der Waals surface area contributed by atoms with Crippen LogP contribution in [0, 0.1) is 5.92 Å². The summed E-state index contributed by atoms with van der Waals surface area (Å²) in [5.41, 5.74) is 1.14. The van der Waals surface area contributed by atoms with E-state index >= 15 is 0 Å². The minimum atomic E-state index is -5.08. The molecule has 0 saturated carbocycles. The number of nitrogens with one attached hydrogen (secondary N) is 1. The Labute approximate surface area is 186 Å². The zero-order valence-corrected chi connectivity index (χ0v) is 17.3. The fraction of sp³-hybridized carbons (Fsp3) is 0.350. The van der Waals surface area contributed by atoms with Crippen molar-refractivity contribution in [2.75, 3.05) is 18.0 Å². The highest BCUT2D eigenvalue weighted by Crippen LogP contribution is 2.21. The van der Waals surface area contributed by atoms with E-state index in [1.807, 2.05) is 23.0 Å². The van der Waals surface area contributed by atoms with E-state index in [0.717, 1.165) is 31.7 Å². The predicted molar refractivity (Wildman–Crippen MR) is 108 cm³/mol. The maximum absolute atomic E-state index is 12.0. The largest absolute Gasteiger partial charge is 0.490 e. The fourth-order valence-electron chi connectivity index (χ4n) is 3.21. The lowest BCUT2D eigenvalue weighted by Gasteiger charge is -2.23. The van der Waals surface area contributed by atoms with E-state index in [1.165, 1.54) is 6.26 Å². The molecule has 0 fully saturated rings. The van der Waals surface area contributed by atoms with E-state index in [-0.39, 0.29) is 5.91 Å². The number of rotatable bonds is 5. The van der Waals surface area contributed by atoms with Crippen LogP contribution in [0.5, 0.6) is 0 Å². The summed E-state index contributed by atoms with van der Waals surface area (Å²) in [6.07, 6.45) is 2.57. The number of hydrogen-bond donors (Lipinski definition) is 2. The van der Waals surface area contributed by atoms with Gasteiger partial charge >= 0.3 is 12.1 Å². The highest BCUT2D eigenvalue weighted by atomic mass is 19.4. The van der Waals surface area contributed by atoms with Gasteiger partial charge < -0.3 is 19.7 Å². The molecule has 0 spiro atoms. The first-order valence-corrected chi connectivity index (χ1v) is 9.88. The summed E-state index contributed by atoms with van der Waals surface area (Å²) in [4.78, 5) is 31.8. The lowest BCUT2D eigenvalue weighted by molar-refractivity contribution is -0.192. The van der Waals surface area contributed by atoms with Crippen molar-refractivity contribution in [2.24, 2.45) is 5.92 Å². The molecule has 3 aromatic rings. The number of hydrogen-bond acceptors (Lipinski definition) is 7. The molecule has 4 rings (SSSR count). The average Bonchev–Trinajstić information content (AvgIpc) is 3.43. The second kappa shape index (κ2) is 10.6. The van der Waals surface area contributed by atoms with Gasteiger partial charge in [-0.25, -0.2) is 14.8 Å². The van der Waals surface area contributed by atoms with Crippen molar-refractivity contribution in [1.82, 2.24) is 25.1 Å². The van der Waals surface area contributed by atoms with Gasteiger partial charge in [-0.1, -0.05) is 0 Å². The van der Waals surface area contributed by atoms with Crippen LogP contribution in [0.15, 0.2) is 53.5 Å². The van der Waals surface area contributed by atoms with Crippen molar-refractivity contribution >= 4 is 17.8 Å². The summed E-state index contributed by atoms with van der Waals surface area (Å²) in [6.45, 7) is 2.91. The summed E-state index contributed by atoms with van der Waals surface area (Å²) in [5, 5.41) is 14.5. The first-order chi connectivity index (χ1) is 15.7. The van der Waals surface area contributed by atoms with E-state index in [0.29, 0.717) is 24.2 Å². The Bertz CT molecular complexity index is 1040. The summed E-state index contributed by atoms with van der Waals surface area (Å²) in [7, 11) is 0. The molecule has 2 N–H and O–H groups in total. The number of halogens is 3. The molecule has 0 aromatic carbocycles. The maximum atomic E-state index is 12.0. The van der Waals surface area contributed by atoms with Crippen molar-refractivity contribution in [3.05, 3.63) is 60.6 Å². The Hall–Kier alpha value is -3.90. The average molecular weight is 466 g/mol. The lowest BCUT2D eigenvalue weighted by Crippen LogP contribution is -2.32. The molecule has 10 nitrogen and oxygen atoms in total. The van der Waals surface area contributed by atoms with Crippen LogP contribution in [0.3, 0.4) is 0 Å². The van der Waals surface area contributed by atoms with Crippen LogP contribution in [0.2, 0.25) is 0 Å². The number of fused-ring (bicyclic) bond motifs is 1. The van der Waals surface area contributed by atoms with E-state index in [9.17, 15) is 18.0 Å². The number of alkyl halides is 3. The molecule has 1 aliphatic heterocycles. The lowest BCUT2D eigenvalue weighted by atomic mass is 10.1. The number of nitrogens with zero attached hydrogens (tertiary/aromatic N) is 5. The van der Waals surface area contributed by atoms with Gasteiger partial charge in [0.15, 0.2) is 5.76 Å². The van der Waals surface area contributed by atoms with Gasteiger partial charge in [0, 0.05) is 38.2 Å². The molecule has 1 aliphatic rings. The van der Waals surface area contributed by atoms with E-state index in [2.05, 4.69) is 25.3 Å². The van der Waals surface area contributed by atoms with Gasteiger partial charge in [0.25, 0.3) is 5.91 Å². The number of carbonyl (C=O) groups excluding carboxylic acids is 1. The van der Waals surface area contributed by atoms with Gasteiger partial charge in [-0.2, -0.15) is 18.3 Å². The predicted octanol–water partition coefficient (Wildman–Crippen LogP) is 2.36. The first kappa shape index (κ1) is 23.8. The molecule has 0 saturated heterocycles. The van der Waals surface area contributed by atoms with Crippen LogP contribution >= 0.6 is 0 Å². The summed E-state index contributed by atoms with van der Waals surface area (Å²) >= 11 is 0. The van der Waals surface area contributed by atoms with Crippen molar-refractivity contribution in [2.45, 2.75) is 25.7 Å². The molecule has 0 bridgehead atoms. The number of furan rings is 1. The molecule has 33 heavy (non-hydrogen) atoms. The molecule has 4 heterocycles. The minimum absolute atomic E-state index is 0.188. The summed E-state index contributed by atoms with van der Waals surface area (Å²) in [6, 6.07) is 7.20. The Balaban J connectivity index is 0.000000383. The van der Waals surface area contributed by atoms with Crippen LogP contribution in [-0.4, -0.2) is 56.0 Å². The van der Waals surface area contributed by atoms with Gasteiger partial charge in [-0.3, -0.25) is 9.48 Å². The smallest absolute Gasteiger partial charge is 0.475 e. The zero-order chi connectivity index (χ0) is 23.8. The summed E-state index contributed by atoms with van der Waals surface area (Å²) < 4.78 is 38.9. The van der Waals surface area contributed by atoms with Crippen LogP contribution < -0.4 is 10.2 Å². The SMILES string of the molecule is O=C(NCCC1CN(c2ncccn2)Cc2ccnn2C1)c1ccco1.O=C(O)C(F)(F)F. The van der Waals surface area contributed by atoms with Gasteiger partial charge in [-0.05, 0) is 36.6 Å². The highest BCUT2D eigenvalue weighted by molar-refractivity contribution is 5.91. The number of carboxylic acid groups (broad SMARTS) is 1. The number of aliphatic carboxylic acids is 1. The van der Waals surface area contributed by atoms with Crippen LogP contribution in [-0.2, 0) is 17.9 Å². The van der Waals surface area contributed by atoms with E-state index < -0.39 is 12.1 Å². The second-order valence-corrected chi connectivity index (χ2v) is 7.12. The molecular weight excluding hydrogens is 445 g/mol.